The molecule has 7 heteroatoms. The molecule has 1 fully saturated rings. The Hall–Kier alpha value is -3.22. The predicted molar refractivity (Wildman–Crippen MR) is 118 cm³/mol. The predicted octanol–water partition coefficient (Wildman–Crippen LogP) is 2.83. The molecule has 2 amide bonds. The van der Waals surface area contributed by atoms with Crippen LogP contribution >= 0.6 is 0 Å². The molecule has 0 saturated carbocycles. The standard InChI is InChI=1S/C24H30N2O5/c1-4-29-21-7-5-6-8-22(21)31-17-24(28)26-13-11-25(12-14-26)23(27)16-30-20-10-9-18(2)19(3)15-20/h5-10,15H,4,11-14,16-17H2,1-3H3. The third kappa shape index (κ3) is 6.13. The minimum Gasteiger partial charge on any atom is -0.490 e. The normalized spacial score (nSPS) is 13.6. The fourth-order valence-electron chi connectivity index (χ4n) is 3.32. The van der Waals surface area contributed by atoms with Gasteiger partial charge < -0.3 is 24.0 Å². The fraction of sp³-hybridized carbons (Fsp3) is 0.417. The van der Waals surface area contributed by atoms with Crippen molar-refractivity contribution in [2.24, 2.45) is 0 Å². The summed E-state index contributed by atoms with van der Waals surface area (Å²) in [7, 11) is 0. The zero-order valence-electron chi connectivity index (χ0n) is 18.4. The van der Waals surface area contributed by atoms with Crippen LogP contribution in [-0.4, -0.2) is 67.6 Å². The summed E-state index contributed by atoms with van der Waals surface area (Å²) in [6.45, 7) is 8.32. The molecule has 7 nitrogen and oxygen atoms in total. The second kappa shape index (κ2) is 10.7. The summed E-state index contributed by atoms with van der Waals surface area (Å²) >= 11 is 0. The molecule has 0 spiro atoms. The highest BCUT2D eigenvalue weighted by atomic mass is 16.5. The Morgan fingerprint density at radius 1 is 0.774 bits per heavy atom. The van der Waals surface area contributed by atoms with E-state index in [2.05, 4.69) is 0 Å². The summed E-state index contributed by atoms with van der Waals surface area (Å²) in [6, 6.07) is 13.1. The first-order valence-electron chi connectivity index (χ1n) is 10.6. The highest BCUT2D eigenvalue weighted by Crippen LogP contribution is 2.26. The molecule has 0 atom stereocenters. The number of nitrogens with zero attached hydrogens (tertiary/aromatic N) is 2. The smallest absolute Gasteiger partial charge is 0.260 e. The first-order chi connectivity index (χ1) is 15.0. The highest BCUT2D eigenvalue weighted by Gasteiger charge is 2.24. The van der Waals surface area contributed by atoms with E-state index in [-0.39, 0.29) is 25.0 Å². The number of ether oxygens (including phenoxy) is 3. The maximum Gasteiger partial charge on any atom is 0.260 e. The largest absolute Gasteiger partial charge is 0.490 e. The summed E-state index contributed by atoms with van der Waals surface area (Å²) in [5.74, 6) is 1.68. The average Bonchev–Trinajstić information content (AvgIpc) is 2.79. The van der Waals surface area contributed by atoms with E-state index in [0.717, 1.165) is 5.56 Å². The van der Waals surface area contributed by atoms with E-state index >= 15 is 0 Å². The number of carbonyl (C=O) groups is 2. The second-order valence-corrected chi connectivity index (χ2v) is 7.46. The molecule has 0 bridgehead atoms. The third-order valence-electron chi connectivity index (χ3n) is 5.33. The molecule has 1 aliphatic heterocycles. The van der Waals surface area contributed by atoms with Crippen molar-refractivity contribution in [2.75, 3.05) is 46.0 Å². The van der Waals surface area contributed by atoms with Gasteiger partial charge in [-0.1, -0.05) is 18.2 Å². The van der Waals surface area contributed by atoms with E-state index in [1.165, 1.54) is 5.56 Å². The van der Waals surface area contributed by atoms with Crippen LogP contribution in [0.5, 0.6) is 17.2 Å². The zero-order valence-corrected chi connectivity index (χ0v) is 18.4. The molecular formula is C24H30N2O5. The van der Waals surface area contributed by atoms with E-state index in [1.54, 1.807) is 15.9 Å². The van der Waals surface area contributed by atoms with E-state index in [0.29, 0.717) is 50.0 Å². The molecule has 166 valence electrons. The van der Waals surface area contributed by atoms with Gasteiger partial charge in [0.1, 0.15) is 5.75 Å². The molecule has 2 aromatic rings. The van der Waals surface area contributed by atoms with Gasteiger partial charge in [-0.2, -0.15) is 0 Å². The van der Waals surface area contributed by atoms with E-state index < -0.39 is 0 Å². The van der Waals surface area contributed by atoms with Crippen molar-refractivity contribution in [2.45, 2.75) is 20.8 Å². The summed E-state index contributed by atoms with van der Waals surface area (Å²) in [5.41, 5.74) is 2.31. The van der Waals surface area contributed by atoms with Crippen LogP contribution in [0.2, 0.25) is 0 Å². The van der Waals surface area contributed by atoms with Crippen molar-refractivity contribution in [3.8, 4) is 17.2 Å². The van der Waals surface area contributed by atoms with Gasteiger partial charge in [0, 0.05) is 26.2 Å². The number of hydrogen-bond donors (Lipinski definition) is 0. The molecule has 1 saturated heterocycles. The molecule has 1 aliphatic rings. The zero-order chi connectivity index (χ0) is 22.2. The number of amides is 2. The number of piperazine rings is 1. The van der Waals surface area contributed by atoms with Crippen LogP contribution < -0.4 is 14.2 Å². The molecule has 0 N–H and O–H groups in total. The lowest BCUT2D eigenvalue weighted by Gasteiger charge is -2.34. The molecule has 31 heavy (non-hydrogen) atoms. The van der Waals surface area contributed by atoms with Gasteiger partial charge in [0.05, 0.1) is 6.61 Å². The fourth-order valence-corrected chi connectivity index (χ4v) is 3.32. The SMILES string of the molecule is CCOc1ccccc1OCC(=O)N1CCN(C(=O)COc2ccc(C)c(C)c2)CC1. The molecule has 0 aliphatic carbocycles. The molecule has 2 aromatic carbocycles. The van der Waals surface area contributed by atoms with Crippen LogP contribution in [0.3, 0.4) is 0 Å². The Morgan fingerprint density at radius 3 is 1.87 bits per heavy atom. The topological polar surface area (TPSA) is 68.3 Å². The molecule has 1 heterocycles. The lowest BCUT2D eigenvalue weighted by Crippen LogP contribution is -2.52. The Kier molecular flexibility index (Phi) is 7.76. The first-order valence-corrected chi connectivity index (χ1v) is 10.6. The van der Waals surface area contributed by atoms with Gasteiger partial charge in [0.25, 0.3) is 11.8 Å². The van der Waals surface area contributed by atoms with Gasteiger partial charge in [-0.15, -0.1) is 0 Å². The molecule has 0 radical (unpaired) electrons. The second-order valence-electron chi connectivity index (χ2n) is 7.46. The monoisotopic (exact) mass is 426 g/mol. The van der Waals surface area contributed by atoms with Gasteiger partial charge in [-0.25, -0.2) is 0 Å². The molecular weight excluding hydrogens is 396 g/mol. The van der Waals surface area contributed by atoms with Crippen LogP contribution in [-0.2, 0) is 9.59 Å². The minimum absolute atomic E-state index is 0.00618. The van der Waals surface area contributed by atoms with Crippen LogP contribution in [0.1, 0.15) is 18.1 Å². The number of hydrogen-bond acceptors (Lipinski definition) is 5. The third-order valence-corrected chi connectivity index (χ3v) is 5.33. The van der Waals surface area contributed by atoms with Crippen molar-refractivity contribution in [1.29, 1.82) is 0 Å². The van der Waals surface area contributed by atoms with Gasteiger partial charge in [-0.05, 0) is 56.2 Å². The highest BCUT2D eigenvalue weighted by molar-refractivity contribution is 5.80. The van der Waals surface area contributed by atoms with Crippen molar-refractivity contribution in [1.82, 2.24) is 9.80 Å². The number of benzene rings is 2. The van der Waals surface area contributed by atoms with Crippen LogP contribution in [0.4, 0.5) is 0 Å². The maximum atomic E-state index is 12.5. The number of aryl methyl sites for hydroxylation is 2. The van der Waals surface area contributed by atoms with Gasteiger partial charge >= 0.3 is 0 Å². The van der Waals surface area contributed by atoms with Crippen molar-refractivity contribution < 1.29 is 23.8 Å². The quantitative estimate of drug-likeness (QED) is 0.649. The van der Waals surface area contributed by atoms with Gasteiger partial charge in [0.2, 0.25) is 0 Å². The molecule has 0 unspecified atom stereocenters. The average molecular weight is 427 g/mol. The van der Waals surface area contributed by atoms with Crippen molar-refractivity contribution >= 4 is 11.8 Å². The van der Waals surface area contributed by atoms with E-state index in [1.807, 2.05) is 57.2 Å². The van der Waals surface area contributed by atoms with Crippen molar-refractivity contribution in [3.63, 3.8) is 0 Å². The summed E-state index contributed by atoms with van der Waals surface area (Å²) in [6.07, 6.45) is 0. The summed E-state index contributed by atoms with van der Waals surface area (Å²) in [4.78, 5) is 28.4. The first kappa shape index (κ1) is 22.5. The lowest BCUT2D eigenvalue weighted by molar-refractivity contribution is -0.141. The molecule has 3 rings (SSSR count). The van der Waals surface area contributed by atoms with Crippen LogP contribution in [0.25, 0.3) is 0 Å². The minimum atomic E-state index is -0.107. The number of para-hydroxylation sites is 2. The van der Waals surface area contributed by atoms with Crippen LogP contribution in [0, 0.1) is 13.8 Å². The summed E-state index contributed by atoms with van der Waals surface area (Å²) in [5, 5.41) is 0. The Labute approximate surface area is 183 Å². The lowest BCUT2D eigenvalue weighted by atomic mass is 10.1. The van der Waals surface area contributed by atoms with Crippen LogP contribution in [0.15, 0.2) is 42.5 Å². The van der Waals surface area contributed by atoms with Crippen molar-refractivity contribution in [3.05, 3.63) is 53.6 Å². The maximum absolute atomic E-state index is 12.5. The summed E-state index contributed by atoms with van der Waals surface area (Å²) < 4.78 is 16.8. The van der Waals surface area contributed by atoms with Gasteiger partial charge in [0.15, 0.2) is 24.7 Å². The van der Waals surface area contributed by atoms with E-state index in [4.69, 9.17) is 14.2 Å². The molecule has 0 aromatic heterocycles. The Balaban J connectivity index is 1.42. The number of rotatable bonds is 8. The Morgan fingerprint density at radius 2 is 1.32 bits per heavy atom. The number of carbonyl (C=O) groups excluding carboxylic acids is 2. The van der Waals surface area contributed by atoms with Gasteiger partial charge in [-0.3, -0.25) is 9.59 Å². The Bertz CT molecular complexity index is 907. The van der Waals surface area contributed by atoms with E-state index in [9.17, 15) is 9.59 Å².